The average molecular weight is 170 g/mol. The van der Waals surface area contributed by atoms with E-state index in [1.807, 2.05) is 21.1 Å². The maximum atomic E-state index is 3.36. The Morgan fingerprint density at radius 1 is 0.917 bits per heavy atom. The minimum absolute atomic E-state index is 0.546. The van der Waals surface area contributed by atoms with E-state index in [4.69, 9.17) is 0 Å². The molecule has 0 aromatic carbocycles. The number of hydrogen-bond donors (Lipinski definition) is 3. The first-order valence-electron chi connectivity index (χ1n) is 4.67. The molecule has 1 radical (unpaired) electrons. The largest absolute Gasteiger partial charge is 0.315 e. The van der Waals surface area contributed by atoms with Crippen molar-refractivity contribution in [3.8, 4) is 0 Å². The fourth-order valence-corrected chi connectivity index (χ4v) is 2.03. The summed E-state index contributed by atoms with van der Waals surface area (Å²) in [7, 11) is 6.09. The average Bonchev–Trinajstić information content (AvgIpc) is 2.16. The Balaban J connectivity index is 2.52. The van der Waals surface area contributed by atoms with Gasteiger partial charge in [-0.05, 0) is 40.4 Å². The molecule has 3 nitrogen and oxygen atoms in total. The van der Waals surface area contributed by atoms with Crippen LogP contribution in [0.3, 0.4) is 0 Å². The predicted molar refractivity (Wildman–Crippen MR) is 52.1 cm³/mol. The molecule has 0 aromatic rings. The van der Waals surface area contributed by atoms with E-state index in [2.05, 4.69) is 22.4 Å². The van der Waals surface area contributed by atoms with Gasteiger partial charge >= 0.3 is 0 Å². The Hall–Kier alpha value is -0.120. The normalized spacial score (nSPS) is 36.8. The number of rotatable bonds is 3. The fraction of sp³-hybridized carbons (Fsp3) is 0.889. The van der Waals surface area contributed by atoms with Crippen LogP contribution < -0.4 is 16.0 Å². The molecule has 2 unspecified atom stereocenters. The Bertz CT molecular complexity index is 115. The molecule has 71 valence electrons. The molecular formula is C9H20N3. The Kier molecular flexibility index (Phi) is 3.98. The van der Waals surface area contributed by atoms with Gasteiger partial charge in [0.2, 0.25) is 0 Å². The van der Waals surface area contributed by atoms with Crippen molar-refractivity contribution in [2.24, 2.45) is 0 Å². The van der Waals surface area contributed by atoms with Crippen molar-refractivity contribution < 1.29 is 0 Å². The van der Waals surface area contributed by atoms with Crippen LogP contribution in [0.1, 0.15) is 12.8 Å². The smallest absolute Gasteiger partial charge is 0.0373 e. The summed E-state index contributed by atoms with van der Waals surface area (Å²) in [6.45, 7) is 0. The number of nitrogens with one attached hydrogen (secondary N) is 3. The van der Waals surface area contributed by atoms with E-state index in [1.165, 1.54) is 12.8 Å². The van der Waals surface area contributed by atoms with Crippen molar-refractivity contribution in [1.82, 2.24) is 16.0 Å². The lowest BCUT2D eigenvalue weighted by molar-refractivity contribution is 0.284. The molecule has 0 aliphatic heterocycles. The molecule has 1 saturated carbocycles. The standard InChI is InChI=1S/C9H20N3/c1-10-7-5-4-6-8(11-2)9(7)12-3/h4,7-12H,5-6H2,1-3H3. The fourth-order valence-electron chi connectivity index (χ4n) is 2.03. The maximum absolute atomic E-state index is 3.36. The van der Waals surface area contributed by atoms with Crippen LogP contribution in [0.5, 0.6) is 0 Å². The molecule has 0 aromatic heterocycles. The molecule has 1 fully saturated rings. The summed E-state index contributed by atoms with van der Waals surface area (Å²) in [6, 6.07) is 1.69. The molecule has 1 aliphatic carbocycles. The quantitative estimate of drug-likeness (QED) is 0.546. The van der Waals surface area contributed by atoms with E-state index >= 15 is 0 Å². The third-order valence-electron chi connectivity index (χ3n) is 2.78. The van der Waals surface area contributed by atoms with E-state index in [0.717, 1.165) is 0 Å². The Labute approximate surface area is 75.3 Å². The number of likely N-dealkylation sites (N-methyl/N-ethyl adjacent to an activating group) is 3. The molecule has 0 heterocycles. The highest BCUT2D eigenvalue weighted by Crippen LogP contribution is 2.17. The third kappa shape index (κ3) is 1.97. The van der Waals surface area contributed by atoms with Gasteiger partial charge in [-0.2, -0.15) is 0 Å². The van der Waals surface area contributed by atoms with Crippen LogP contribution in [-0.2, 0) is 0 Å². The minimum atomic E-state index is 0.546. The van der Waals surface area contributed by atoms with Gasteiger partial charge in [0.15, 0.2) is 0 Å². The van der Waals surface area contributed by atoms with Gasteiger partial charge < -0.3 is 16.0 Å². The summed E-state index contributed by atoms with van der Waals surface area (Å²) in [6.07, 6.45) is 4.69. The van der Waals surface area contributed by atoms with Gasteiger partial charge in [-0.15, -0.1) is 0 Å². The Morgan fingerprint density at radius 2 is 1.42 bits per heavy atom. The summed E-state index contributed by atoms with van der Waals surface area (Å²) in [5.74, 6) is 0. The van der Waals surface area contributed by atoms with Crippen molar-refractivity contribution in [3.63, 3.8) is 0 Å². The lowest BCUT2D eigenvalue weighted by Crippen LogP contribution is -2.58. The van der Waals surface area contributed by atoms with Crippen LogP contribution >= 0.6 is 0 Å². The summed E-state index contributed by atoms with van der Waals surface area (Å²) in [5.41, 5.74) is 0. The third-order valence-corrected chi connectivity index (χ3v) is 2.78. The predicted octanol–water partition coefficient (Wildman–Crippen LogP) is -0.252. The monoisotopic (exact) mass is 170 g/mol. The van der Waals surface area contributed by atoms with Gasteiger partial charge in [-0.1, -0.05) is 0 Å². The van der Waals surface area contributed by atoms with Crippen LogP contribution in [0.15, 0.2) is 0 Å². The van der Waals surface area contributed by atoms with Gasteiger partial charge in [0, 0.05) is 18.1 Å². The van der Waals surface area contributed by atoms with Crippen LogP contribution in [-0.4, -0.2) is 39.3 Å². The van der Waals surface area contributed by atoms with E-state index in [9.17, 15) is 0 Å². The molecule has 0 saturated heterocycles. The molecule has 1 aliphatic rings. The van der Waals surface area contributed by atoms with Crippen LogP contribution in [0.4, 0.5) is 0 Å². The highest BCUT2D eigenvalue weighted by Gasteiger charge is 2.29. The van der Waals surface area contributed by atoms with Gasteiger partial charge in [0.1, 0.15) is 0 Å². The van der Waals surface area contributed by atoms with Crippen LogP contribution in [0, 0.1) is 6.42 Å². The zero-order valence-electron chi connectivity index (χ0n) is 8.22. The topological polar surface area (TPSA) is 36.1 Å². The summed E-state index contributed by atoms with van der Waals surface area (Å²) in [5, 5.41) is 10.0. The molecule has 12 heavy (non-hydrogen) atoms. The minimum Gasteiger partial charge on any atom is -0.315 e. The lowest BCUT2D eigenvalue weighted by atomic mass is 9.86. The highest BCUT2D eigenvalue weighted by molar-refractivity contribution is 4.99. The van der Waals surface area contributed by atoms with Crippen LogP contribution in [0.25, 0.3) is 0 Å². The second kappa shape index (κ2) is 4.80. The molecular weight excluding hydrogens is 150 g/mol. The molecule has 0 amide bonds. The van der Waals surface area contributed by atoms with E-state index < -0.39 is 0 Å². The first-order chi connectivity index (χ1) is 5.83. The summed E-state index contributed by atoms with van der Waals surface area (Å²) < 4.78 is 0. The highest BCUT2D eigenvalue weighted by atomic mass is 15.1. The van der Waals surface area contributed by atoms with Gasteiger partial charge in [-0.3, -0.25) is 0 Å². The van der Waals surface area contributed by atoms with E-state index in [-0.39, 0.29) is 0 Å². The second-order valence-corrected chi connectivity index (χ2v) is 3.36. The van der Waals surface area contributed by atoms with Gasteiger partial charge in [-0.25, -0.2) is 0 Å². The molecule has 1 rings (SSSR count). The van der Waals surface area contributed by atoms with Crippen molar-refractivity contribution in [1.29, 1.82) is 0 Å². The zero-order valence-corrected chi connectivity index (χ0v) is 8.22. The van der Waals surface area contributed by atoms with Crippen molar-refractivity contribution in [2.75, 3.05) is 21.1 Å². The van der Waals surface area contributed by atoms with Crippen molar-refractivity contribution >= 4 is 0 Å². The molecule has 0 spiro atoms. The number of hydrogen-bond acceptors (Lipinski definition) is 3. The van der Waals surface area contributed by atoms with Gasteiger partial charge in [0.05, 0.1) is 0 Å². The molecule has 2 atom stereocenters. The SMILES string of the molecule is CNC1C[CH]CC(NC)C1NC. The molecule has 3 heteroatoms. The van der Waals surface area contributed by atoms with Crippen LogP contribution in [0.2, 0.25) is 0 Å². The zero-order chi connectivity index (χ0) is 8.97. The Morgan fingerprint density at radius 3 is 1.75 bits per heavy atom. The lowest BCUT2D eigenvalue weighted by Gasteiger charge is -2.37. The molecule has 3 N–H and O–H groups in total. The second-order valence-electron chi connectivity index (χ2n) is 3.36. The molecule has 0 bridgehead atoms. The first-order valence-corrected chi connectivity index (χ1v) is 4.67. The van der Waals surface area contributed by atoms with E-state index in [0.29, 0.717) is 18.1 Å². The van der Waals surface area contributed by atoms with Gasteiger partial charge in [0.25, 0.3) is 0 Å². The van der Waals surface area contributed by atoms with Crippen molar-refractivity contribution in [2.45, 2.75) is 31.0 Å². The first kappa shape index (κ1) is 9.96. The van der Waals surface area contributed by atoms with E-state index in [1.54, 1.807) is 0 Å². The summed E-state index contributed by atoms with van der Waals surface area (Å²) in [4.78, 5) is 0. The maximum Gasteiger partial charge on any atom is 0.0373 e. The summed E-state index contributed by atoms with van der Waals surface area (Å²) >= 11 is 0. The van der Waals surface area contributed by atoms with Crippen molar-refractivity contribution in [3.05, 3.63) is 6.42 Å².